The minimum atomic E-state index is -3.80. The summed E-state index contributed by atoms with van der Waals surface area (Å²) in [7, 11) is -3.80. The molecule has 2 unspecified atom stereocenters. The Morgan fingerprint density at radius 2 is 2.05 bits per heavy atom. The van der Waals surface area contributed by atoms with Crippen molar-refractivity contribution in [3.05, 3.63) is 28.7 Å². The van der Waals surface area contributed by atoms with Crippen LogP contribution in [0.1, 0.15) is 19.8 Å². The van der Waals surface area contributed by atoms with Gasteiger partial charge in [-0.2, -0.15) is 4.31 Å². The maximum atomic E-state index is 12.7. The minimum absolute atomic E-state index is 0.112. The lowest BCUT2D eigenvalue weighted by Gasteiger charge is -2.35. The summed E-state index contributed by atoms with van der Waals surface area (Å²) < 4.78 is 26.9. The highest BCUT2D eigenvalue weighted by Gasteiger charge is 2.40. The Kier molecular flexibility index (Phi) is 4.51. The van der Waals surface area contributed by atoms with Gasteiger partial charge in [0.15, 0.2) is 0 Å². The molecule has 0 amide bonds. The van der Waals surface area contributed by atoms with E-state index in [1.54, 1.807) is 18.2 Å². The second-order valence-corrected chi connectivity index (χ2v) is 7.74. The summed E-state index contributed by atoms with van der Waals surface area (Å²) in [5.74, 6) is -0.881. The Bertz CT molecular complexity index is 617. The van der Waals surface area contributed by atoms with Gasteiger partial charge in [-0.25, -0.2) is 8.42 Å². The van der Waals surface area contributed by atoms with Crippen LogP contribution in [-0.4, -0.2) is 36.4 Å². The predicted octanol–water partition coefficient (Wildman–Crippen LogP) is 2.32. The molecule has 1 heterocycles. The quantitative estimate of drug-likeness (QED) is 0.896. The molecule has 0 spiro atoms. The van der Waals surface area contributed by atoms with Gasteiger partial charge in [-0.05, 0) is 46.8 Å². The number of carboxylic acid groups (broad SMARTS) is 1. The van der Waals surface area contributed by atoms with E-state index in [1.165, 1.54) is 6.07 Å². The Labute approximate surface area is 126 Å². The summed E-state index contributed by atoms with van der Waals surface area (Å²) >= 11 is 3.21. The fourth-order valence-corrected chi connectivity index (χ4v) is 4.99. The fraction of sp³-hybridized carbons (Fsp3) is 0.462. The first-order valence-electron chi connectivity index (χ1n) is 6.33. The molecule has 0 bridgehead atoms. The fourth-order valence-electron chi connectivity index (χ4n) is 2.41. The number of rotatable bonds is 3. The molecule has 1 aliphatic heterocycles. The molecule has 0 aliphatic carbocycles. The van der Waals surface area contributed by atoms with Gasteiger partial charge >= 0.3 is 5.97 Å². The van der Waals surface area contributed by atoms with E-state index in [0.29, 0.717) is 17.3 Å². The Balaban J connectivity index is 2.42. The highest BCUT2D eigenvalue weighted by molar-refractivity contribution is 9.10. The Morgan fingerprint density at radius 1 is 1.40 bits per heavy atom. The zero-order valence-electron chi connectivity index (χ0n) is 11.0. The molecule has 1 N–H and O–H groups in total. The highest BCUT2D eigenvalue weighted by atomic mass is 79.9. The lowest BCUT2D eigenvalue weighted by Crippen LogP contribution is -2.49. The number of sulfonamides is 1. The van der Waals surface area contributed by atoms with E-state index < -0.39 is 22.0 Å². The third kappa shape index (κ3) is 2.89. The second-order valence-electron chi connectivity index (χ2n) is 5.03. The van der Waals surface area contributed by atoms with E-state index in [9.17, 15) is 18.3 Å². The van der Waals surface area contributed by atoms with Gasteiger partial charge in [0.1, 0.15) is 6.04 Å². The van der Waals surface area contributed by atoms with Crippen LogP contribution >= 0.6 is 15.9 Å². The number of nitrogens with zero attached hydrogens (tertiary/aromatic N) is 1. The average Bonchev–Trinajstić information content (AvgIpc) is 2.38. The predicted molar refractivity (Wildman–Crippen MR) is 77.9 cm³/mol. The van der Waals surface area contributed by atoms with Gasteiger partial charge in [0.2, 0.25) is 10.0 Å². The lowest BCUT2D eigenvalue weighted by molar-refractivity contribution is -0.143. The summed E-state index contributed by atoms with van der Waals surface area (Å²) in [6.07, 6.45) is 1.02. The van der Waals surface area contributed by atoms with E-state index in [-0.39, 0.29) is 17.4 Å². The van der Waals surface area contributed by atoms with Crippen LogP contribution in [0.3, 0.4) is 0 Å². The van der Waals surface area contributed by atoms with Crippen molar-refractivity contribution in [2.24, 2.45) is 5.92 Å². The van der Waals surface area contributed by atoms with Gasteiger partial charge in [-0.3, -0.25) is 4.79 Å². The first-order chi connectivity index (χ1) is 9.34. The van der Waals surface area contributed by atoms with Gasteiger partial charge in [0, 0.05) is 11.0 Å². The zero-order chi connectivity index (χ0) is 14.9. The minimum Gasteiger partial charge on any atom is -0.480 e. The number of piperidine rings is 1. The normalized spacial score (nSPS) is 24.5. The maximum Gasteiger partial charge on any atom is 0.322 e. The molecular formula is C13H16BrNO4S. The van der Waals surface area contributed by atoms with Crippen LogP contribution in [0, 0.1) is 5.92 Å². The molecular weight excluding hydrogens is 346 g/mol. The molecule has 0 aromatic heterocycles. The Morgan fingerprint density at radius 3 is 2.65 bits per heavy atom. The molecule has 1 aromatic rings. The summed E-state index contributed by atoms with van der Waals surface area (Å²) in [6.45, 7) is 2.18. The van der Waals surface area contributed by atoms with Crippen molar-refractivity contribution in [1.82, 2.24) is 4.31 Å². The van der Waals surface area contributed by atoms with Gasteiger partial charge in [0.05, 0.1) is 4.90 Å². The first-order valence-corrected chi connectivity index (χ1v) is 8.56. The van der Waals surface area contributed by atoms with Crippen LogP contribution in [0.15, 0.2) is 33.6 Å². The van der Waals surface area contributed by atoms with Crippen molar-refractivity contribution in [2.75, 3.05) is 6.54 Å². The lowest BCUT2D eigenvalue weighted by atomic mass is 9.94. The van der Waals surface area contributed by atoms with Crippen molar-refractivity contribution in [1.29, 1.82) is 0 Å². The second kappa shape index (κ2) is 5.83. The summed E-state index contributed by atoms with van der Waals surface area (Å²) in [4.78, 5) is 11.5. The molecule has 1 saturated heterocycles. The number of carboxylic acids is 1. The molecule has 2 atom stereocenters. The Hall–Kier alpha value is -0.920. The van der Waals surface area contributed by atoms with Gasteiger partial charge in [-0.15, -0.1) is 0 Å². The molecule has 1 aliphatic rings. The number of hydrogen-bond donors (Lipinski definition) is 1. The topological polar surface area (TPSA) is 74.7 Å². The molecule has 7 heteroatoms. The number of hydrogen-bond acceptors (Lipinski definition) is 3. The molecule has 2 rings (SSSR count). The number of aliphatic carboxylic acids is 1. The van der Waals surface area contributed by atoms with Crippen LogP contribution in [0.25, 0.3) is 0 Å². The first kappa shape index (κ1) is 15.5. The molecule has 20 heavy (non-hydrogen) atoms. The molecule has 5 nitrogen and oxygen atoms in total. The molecule has 1 aromatic carbocycles. The standard InChI is InChI=1S/C13H16BrNO4S/c1-9-6-7-15(11(8-9)13(16)17)20(18,19)12-5-3-2-4-10(12)14/h2-5,9,11H,6-8H2,1H3,(H,16,17). The van der Waals surface area contributed by atoms with Crippen molar-refractivity contribution >= 4 is 31.9 Å². The number of carbonyl (C=O) groups is 1. The summed E-state index contributed by atoms with van der Waals surface area (Å²) in [6, 6.07) is 5.47. The monoisotopic (exact) mass is 361 g/mol. The third-order valence-electron chi connectivity index (χ3n) is 3.52. The van der Waals surface area contributed by atoms with Gasteiger partial charge < -0.3 is 5.11 Å². The summed E-state index contributed by atoms with van der Waals surface area (Å²) in [5, 5.41) is 9.29. The highest BCUT2D eigenvalue weighted by Crippen LogP contribution is 2.31. The van der Waals surface area contributed by atoms with Crippen molar-refractivity contribution in [3.63, 3.8) is 0 Å². The zero-order valence-corrected chi connectivity index (χ0v) is 13.4. The molecule has 0 saturated carbocycles. The van der Waals surface area contributed by atoms with E-state index in [4.69, 9.17) is 0 Å². The molecule has 0 radical (unpaired) electrons. The van der Waals surface area contributed by atoms with E-state index in [1.807, 2.05) is 6.92 Å². The van der Waals surface area contributed by atoms with Crippen LogP contribution in [-0.2, 0) is 14.8 Å². The molecule has 110 valence electrons. The van der Waals surface area contributed by atoms with Crippen LogP contribution in [0.5, 0.6) is 0 Å². The van der Waals surface area contributed by atoms with E-state index >= 15 is 0 Å². The van der Waals surface area contributed by atoms with E-state index in [0.717, 1.165) is 4.31 Å². The number of halogens is 1. The number of benzene rings is 1. The van der Waals surface area contributed by atoms with Crippen molar-refractivity contribution in [3.8, 4) is 0 Å². The van der Waals surface area contributed by atoms with Crippen LogP contribution in [0.2, 0.25) is 0 Å². The smallest absolute Gasteiger partial charge is 0.322 e. The average molecular weight is 362 g/mol. The largest absolute Gasteiger partial charge is 0.480 e. The molecule has 1 fully saturated rings. The third-order valence-corrected chi connectivity index (χ3v) is 6.44. The van der Waals surface area contributed by atoms with Gasteiger partial charge in [-0.1, -0.05) is 19.1 Å². The van der Waals surface area contributed by atoms with Crippen molar-refractivity contribution < 1.29 is 18.3 Å². The van der Waals surface area contributed by atoms with Crippen molar-refractivity contribution in [2.45, 2.75) is 30.7 Å². The van der Waals surface area contributed by atoms with E-state index in [2.05, 4.69) is 15.9 Å². The SMILES string of the molecule is CC1CCN(S(=O)(=O)c2ccccc2Br)C(C(=O)O)C1. The summed E-state index contributed by atoms with van der Waals surface area (Å²) in [5.41, 5.74) is 0. The van der Waals surface area contributed by atoms with Crippen LogP contribution in [0.4, 0.5) is 0 Å². The van der Waals surface area contributed by atoms with Gasteiger partial charge in [0.25, 0.3) is 0 Å². The maximum absolute atomic E-state index is 12.7. The van der Waals surface area contributed by atoms with Crippen LogP contribution < -0.4 is 0 Å².